The average molecular weight is 347 g/mol. The predicted molar refractivity (Wildman–Crippen MR) is 86.1 cm³/mol. The Hall–Kier alpha value is -2.59. The number of carbonyl (C=O) groups excluding carboxylic acids is 1. The van der Waals surface area contributed by atoms with Gasteiger partial charge in [-0.05, 0) is 30.7 Å². The maximum absolute atomic E-state index is 14.0. The zero-order valence-electron chi connectivity index (χ0n) is 13.7. The van der Waals surface area contributed by atoms with Crippen molar-refractivity contribution in [3.8, 4) is 6.07 Å². The van der Waals surface area contributed by atoms with Crippen molar-refractivity contribution in [1.29, 1.82) is 5.26 Å². The number of rotatable bonds is 2. The normalized spacial score (nSPS) is 18.8. The molecule has 0 bridgehead atoms. The van der Waals surface area contributed by atoms with Gasteiger partial charge in [0.2, 0.25) is 5.91 Å². The molecule has 1 heterocycles. The van der Waals surface area contributed by atoms with Crippen LogP contribution in [0.25, 0.3) is 10.8 Å². The Morgan fingerprint density at radius 2 is 1.92 bits per heavy atom. The number of carbonyl (C=O) groups is 1. The van der Waals surface area contributed by atoms with Gasteiger partial charge in [0.25, 0.3) is 0 Å². The van der Waals surface area contributed by atoms with E-state index in [1.165, 1.54) is 6.07 Å². The number of nitrogens with one attached hydrogen (secondary N) is 1. The molecule has 1 aliphatic rings. The number of halogens is 3. The van der Waals surface area contributed by atoms with Crippen molar-refractivity contribution in [2.24, 2.45) is 5.41 Å². The molecule has 1 unspecified atom stereocenters. The molecule has 0 saturated carbocycles. The Morgan fingerprint density at radius 1 is 1.24 bits per heavy atom. The summed E-state index contributed by atoms with van der Waals surface area (Å²) >= 11 is 0. The van der Waals surface area contributed by atoms with Crippen molar-refractivity contribution in [3.63, 3.8) is 0 Å². The van der Waals surface area contributed by atoms with Gasteiger partial charge in [-0.1, -0.05) is 30.3 Å². The molecule has 0 aromatic heterocycles. The van der Waals surface area contributed by atoms with Crippen molar-refractivity contribution in [2.45, 2.75) is 26.1 Å². The molecule has 2 aromatic carbocycles. The van der Waals surface area contributed by atoms with Gasteiger partial charge in [0, 0.05) is 12.1 Å². The van der Waals surface area contributed by atoms with E-state index in [0.29, 0.717) is 10.8 Å². The number of benzene rings is 2. The van der Waals surface area contributed by atoms with Crippen LogP contribution in [-0.4, -0.2) is 23.6 Å². The Balaban J connectivity index is 2.24. The summed E-state index contributed by atoms with van der Waals surface area (Å²) in [5.74, 6) is -0.472. The van der Waals surface area contributed by atoms with Gasteiger partial charge in [0.05, 0.1) is 17.0 Å². The highest BCUT2D eigenvalue weighted by Gasteiger charge is 2.52. The van der Waals surface area contributed by atoms with Crippen LogP contribution in [0.15, 0.2) is 36.4 Å². The first-order valence-corrected chi connectivity index (χ1v) is 7.71. The van der Waals surface area contributed by atoms with Crippen LogP contribution < -0.4 is 5.43 Å². The standard InChI is InChI=1S/C18H16F3N3O/c1-17(2)10-24(23-16(17)25)15(18(19,20)21)14-12(9-22)8-7-11-5-3-4-6-13(11)14/h3-8,15H,10H2,1-2H3,(H,23,25). The largest absolute Gasteiger partial charge is 0.409 e. The SMILES string of the molecule is CC1(C)CN(C(c2c(C#N)ccc3ccccc23)C(F)(F)F)NC1=O. The molecular weight excluding hydrogens is 331 g/mol. The van der Waals surface area contributed by atoms with Gasteiger partial charge in [-0.15, -0.1) is 0 Å². The fourth-order valence-corrected chi connectivity index (χ4v) is 3.16. The molecule has 1 amide bonds. The number of hydrazine groups is 1. The first-order valence-electron chi connectivity index (χ1n) is 7.71. The molecule has 1 atom stereocenters. The summed E-state index contributed by atoms with van der Waals surface area (Å²) in [4.78, 5) is 12.0. The van der Waals surface area contributed by atoms with E-state index in [0.717, 1.165) is 5.01 Å². The molecule has 1 N–H and O–H groups in total. The van der Waals surface area contributed by atoms with Crippen molar-refractivity contribution in [2.75, 3.05) is 6.54 Å². The number of amides is 1. The molecule has 1 aliphatic heterocycles. The predicted octanol–water partition coefficient (Wildman–Crippen LogP) is 3.69. The van der Waals surface area contributed by atoms with Gasteiger partial charge in [-0.2, -0.15) is 18.4 Å². The van der Waals surface area contributed by atoms with E-state index in [9.17, 15) is 23.2 Å². The second-order valence-electron chi connectivity index (χ2n) is 6.76. The first kappa shape index (κ1) is 17.2. The summed E-state index contributed by atoms with van der Waals surface area (Å²) in [5, 5.41) is 11.2. The lowest BCUT2D eigenvalue weighted by Crippen LogP contribution is -2.44. The second kappa shape index (κ2) is 5.74. The average Bonchev–Trinajstić information content (AvgIpc) is 2.79. The molecule has 4 nitrogen and oxygen atoms in total. The quantitative estimate of drug-likeness (QED) is 0.901. The van der Waals surface area contributed by atoms with Crippen LogP contribution in [0.5, 0.6) is 0 Å². The first-order chi connectivity index (χ1) is 11.6. The van der Waals surface area contributed by atoms with E-state index in [4.69, 9.17) is 0 Å². The van der Waals surface area contributed by atoms with Crippen LogP contribution in [0.2, 0.25) is 0 Å². The Morgan fingerprint density at radius 3 is 2.48 bits per heavy atom. The van der Waals surface area contributed by atoms with Gasteiger partial charge in [0.15, 0.2) is 6.04 Å². The molecule has 2 aromatic rings. The molecule has 0 aliphatic carbocycles. The molecular formula is C18H16F3N3O. The zero-order chi connectivity index (χ0) is 18.4. The topological polar surface area (TPSA) is 56.1 Å². The monoisotopic (exact) mass is 347 g/mol. The number of nitrogens with zero attached hydrogens (tertiary/aromatic N) is 2. The van der Waals surface area contributed by atoms with E-state index < -0.39 is 23.5 Å². The Labute approximate surface area is 142 Å². The number of fused-ring (bicyclic) bond motifs is 1. The molecule has 0 radical (unpaired) electrons. The van der Waals surface area contributed by atoms with Crippen LogP contribution in [0.1, 0.15) is 31.0 Å². The molecule has 7 heteroatoms. The van der Waals surface area contributed by atoms with Crippen molar-refractivity contribution < 1.29 is 18.0 Å². The van der Waals surface area contributed by atoms with Gasteiger partial charge >= 0.3 is 6.18 Å². The van der Waals surface area contributed by atoms with Crippen molar-refractivity contribution in [1.82, 2.24) is 10.4 Å². The van der Waals surface area contributed by atoms with Gasteiger partial charge in [-0.3, -0.25) is 10.2 Å². The summed E-state index contributed by atoms with van der Waals surface area (Å²) in [6.45, 7) is 3.07. The third-order valence-electron chi connectivity index (χ3n) is 4.41. The van der Waals surface area contributed by atoms with Crippen molar-refractivity contribution in [3.05, 3.63) is 47.5 Å². The van der Waals surface area contributed by atoms with E-state index in [1.54, 1.807) is 44.2 Å². The maximum atomic E-state index is 14.0. The summed E-state index contributed by atoms with van der Waals surface area (Å²) in [5.41, 5.74) is 1.20. The highest BCUT2D eigenvalue weighted by atomic mass is 19.4. The summed E-state index contributed by atoms with van der Waals surface area (Å²) < 4.78 is 41.9. The van der Waals surface area contributed by atoms with Crippen LogP contribution in [0.3, 0.4) is 0 Å². The van der Waals surface area contributed by atoms with E-state index in [-0.39, 0.29) is 17.7 Å². The molecule has 3 rings (SSSR count). The van der Waals surface area contributed by atoms with E-state index in [1.807, 2.05) is 6.07 Å². The summed E-state index contributed by atoms with van der Waals surface area (Å²) in [7, 11) is 0. The maximum Gasteiger partial charge on any atom is 0.409 e. The van der Waals surface area contributed by atoms with Crippen LogP contribution >= 0.6 is 0 Å². The summed E-state index contributed by atoms with van der Waals surface area (Å²) in [6, 6.07) is 9.38. The lowest BCUT2D eigenvalue weighted by Gasteiger charge is -2.31. The number of nitriles is 1. The van der Waals surface area contributed by atoms with Crippen LogP contribution in [-0.2, 0) is 4.79 Å². The minimum absolute atomic E-state index is 0.0556. The molecule has 1 saturated heterocycles. The minimum Gasteiger partial charge on any atom is -0.287 e. The lowest BCUT2D eigenvalue weighted by atomic mass is 9.91. The highest BCUT2D eigenvalue weighted by molar-refractivity contribution is 5.88. The lowest BCUT2D eigenvalue weighted by molar-refractivity contribution is -0.191. The fraction of sp³-hybridized carbons (Fsp3) is 0.333. The molecule has 25 heavy (non-hydrogen) atoms. The Kier molecular flexibility index (Phi) is 3.96. The minimum atomic E-state index is -4.66. The van der Waals surface area contributed by atoms with E-state index in [2.05, 4.69) is 5.43 Å². The number of hydrogen-bond acceptors (Lipinski definition) is 3. The molecule has 0 spiro atoms. The third kappa shape index (κ3) is 2.94. The smallest absolute Gasteiger partial charge is 0.287 e. The zero-order valence-corrected chi connectivity index (χ0v) is 13.7. The number of hydrogen-bond donors (Lipinski definition) is 1. The fourth-order valence-electron chi connectivity index (χ4n) is 3.16. The van der Waals surface area contributed by atoms with Gasteiger partial charge < -0.3 is 0 Å². The highest BCUT2D eigenvalue weighted by Crippen LogP contribution is 2.43. The van der Waals surface area contributed by atoms with E-state index >= 15 is 0 Å². The molecule has 1 fully saturated rings. The Bertz CT molecular complexity index is 883. The number of alkyl halides is 3. The van der Waals surface area contributed by atoms with Crippen LogP contribution in [0.4, 0.5) is 13.2 Å². The van der Waals surface area contributed by atoms with Crippen LogP contribution in [0, 0.1) is 16.7 Å². The van der Waals surface area contributed by atoms with Gasteiger partial charge in [0.1, 0.15) is 0 Å². The third-order valence-corrected chi connectivity index (χ3v) is 4.41. The van der Waals surface area contributed by atoms with Gasteiger partial charge in [-0.25, -0.2) is 5.01 Å². The molecule has 130 valence electrons. The second-order valence-corrected chi connectivity index (χ2v) is 6.76. The summed E-state index contributed by atoms with van der Waals surface area (Å²) in [6.07, 6.45) is -4.66. The van der Waals surface area contributed by atoms with Crippen molar-refractivity contribution >= 4 is 16.7 Å².